The van der Waals surface area contributed by atoms with Crippen LogP contribution in [-0.2, 0) is 0 Å². The Morgan fingerprint density at radius 2 is 1.13 bits per heavy atom. The number of rotatable bonds is 8. The molecule has 0 heterocycles. The van der Waals surface area contributed by atoms with E-state index in [4.69, 9.17) is 5.73 Å². The zero-order valence-corrected chi connectivity index (χ0v) is 22.3. The molecule has 2 N–H and O–H groups in total. The van der Waals surface area contributed by atoms with Gasteiger partial charge in [-0.2, -0.15) is 0 Å². The van der Waals surface area contributed by atoms with Gasteiger partial charge in [-0.15, -0.1) is 0 Å². The van der Waals surface area contributed by atoms with Gasteiger partial charge in [0.05, 0.1) is 0 Å². The first-order valence-corrected chi connectivity index (χ1v) is 13.3. The molecule has 6 atom stereocenters. The van der Waals surface area contributed by atoms with Crippen molar-refractivity contribution in [2.45, 2.75) is 144 Å². The van der Waals surface area contributed by atoms with Crippen molar-refractivity contribution in [1.29, 1.82) is 0 Å². The van der Waals surface area contributed by atoms with Crippen molar-refractivity contribution in [1.82, 2.24) is 4.90 Å². The summed E-state index contributed by atoms with van der Waals surface area (Å²) in [5, 5.41) is 0. The summed E-state index contributed by atoms with van der Waals surface area (Å²) >= 11 is 0. The molecule has 178 valence electrons. The van der Waals surface area contributed by atoms with E-state index in [1.165, 1.54) is 44.9 Å². The molecule has 6 unspecified atom stereocenters. The van der Waals surface area contributed by atoms with Gasteiger partial charge in [0.25, 0.3) is 0 Å². The largest absolute Gasteiger partial charge is 0.326 e. The van der Waals surface area contributed by atoms with Crippen molar-refractivity contribution in [3.63, 3.8) is 0 Å². The molecule has 2 saturated carbocycles. The zero-order valence-electron chi connectivity index (χ0n) is 22.3. The Hall–Kier alpha value is -0.0800. The lowest BCUT2D eigenvalue weighted by molar-refractivity contribution is -0.0831. The molecule has 0 aliphatic heterocycles. The van der Waals surface area contributed by atoms with Gasteiger partial charge >= 0.3 is 0 Å². The van der Waals surface area contributed by atoms with Crippen LogP contribution in [0.4, 0.5) is 0 Å². The number of hydrogen-bond acceptors (Lipinski definition) is 2. The Bertz CT molecular complexity index is 483. The summed E-state index contributed by atoms with van der Waals surface area (Å²) in [6, 6.07) is 1.45. The molecule has 2 nitrogen and oxygen atoms in total. The lowest BCUT2D eigenvalue weighted by Gasteiger charge is -2.57. The minimum absolute atomic E-state index is 0.0858. The minimum Gasteiger partial charge on any atom is -0.326 e. The van der Waals surface area contributed by atoms with Crippen molar-refractivity contribution in [3.05, 3.63) is 0 Å². The average molecular weight is 421 g/mol. The highest BCUT2D eigenvalue weighted by atomic mass is 15.3. The Balaban J connectivity index is 2.47. The lowest BCUT2D eigenvalue weighted by Crippen LogP contribution is -2.62. The van der Waals surface area contributed by atoms with Crippen LogP contribution in [0.25, 0.3) is 0 Å². The summed E-state index contributed by atoms with van der Waals surface area (Å²) in [7, 11) is 0. The first-order valence-electron chi connectivity index (χ1n) is 13.3. The molecule has 0 spiro atoms. The van der Waals surface area contributed by atoms with Crippen LogP contribution in [0.1, 0.15) is 121 Å². The summed E-state index contributed by atoms with van der Waals surface area (Å²) in [6.07, 6.45) is 10.7. The van der Waals surface area contributed by atoms with E-state index in [2.05, 4.69) is 74.1 Å². The second-order valence-electron chi connectivity index (χ2n) is 13.5. The van der Waals surface area contributed by atoms with Gasteiger partial charge in [0.15, 0.2) is 0 Å². The fourth-order valence-corrected chi connectivity index (χ4v) is 6.84. The number of hydrogen-bond donors (Lipinski definition) is 1. The van der Waals surface area contributed by atoms with E-state index < -0.39 is 0 Å². The second kappa shape index (κ2) is 10.2. The van der Waals surface area contributed by atoms with E-state index in [0.717, 1.165) is 54.0 Å². The van der Waals surface area contributed by atoms with Crippen LogP contribution < -0.4 is 5.73 Å². The van der Waals surface area contributed by atoms with Gasteiger partial charge in [0, 0.05) is 23.2 Å². The smallest absolute Gasteiger partial charge is 0.0160 e. The maximum Gasteiger partial charge on any atom is 0.0160 e. The SMILES string of the molecule is CC1CCC(C(C)C)C(N(C2CC(C)CCC2C(C)C)C(C)(C)CCC(C)(C)N)C1. The fraction of sp³-hybridized carbons (Fsp3) is 1.00. The van der Waals surface area contributed by atoms with Gasteiger partial charge in [-0.3, -0.25) is 4.90 Å². The van der Waals surface area contributed by atoms with Crippen molar-refractivity contribution in [2.75, 3.05) is 0 Å². The van der Waals surface area contributed by atoms with E-state index in [-0.39, 0.29) is 11.1 Å². The monoisotopic (exact) mass is 420 g/mol. The minimum atomic E-state index is -0.0858. The predicted octanol–water partition coefficient (Wildman–Crippen LogP) is 7.51. The van der Waals surface area contributed by atoms with E-state index in [1.807, 2.05) is 0 Å². The molecule has 0 radical (unpaired) electrons. The summed E-state index contributed by atoms with van der Waals surface area (Å²) in [5.41, 5.74) is 6.59. The first-order chi connectivity index (χ1) is 13.7. The van der Waals surface area contributed by atoms with Crippen LogP contribution in [-0.4, -0.2) is 28.1 Å². The lowest BCUT2D eigenvalue weighted by atomic mass is 9.67. The third-order valence-corrected chi connectivity index (χ3v) is 8.77. The molecule has 0 aromatic rings. The van der Waals surface area contributed by atoms with Gasteiger partial charge in [-0.25, -0.2) is 0 Å². The molecular weight excluding hydrogens is 364 g/mol. The third kappa shape index (κ3) is 6.71. The highest BCUT2D eigenvalue weighted by Crippen LogP contribution is 2.46. The van der Waals surface area contributed by atoms with Crippen molar-refractivity contribution >= 4 is 0 Å². The summed E-state index contributed by atoms with van der Waals surface area (Å²) in [4.78, 5) is 3.11. The summed E-state index contributed by atoms with van der Waals surface area (Å²) in [5.74, 6) is 4.91. The van der Waals surface area contributed by atoms with Crippen LogP contribution >= 0.6 is 0 Å². The Morgan fingerprint density at radius 1 is 0.733 bits per heavy atom. The molecule has 0 aromatic carbocycles. The molecule has 30 heavy (non-hydrogen) atoms. The molecule has 0 saturated heterocycles. The maximum atomic E-state index is 6.48. The quantitative estimate of drug-likeness (QED) is 0.440. The van der Waals surface area contributed by atoms with E-state index in [1.54, 1.807) is 0 Å². The summed E-state index contributed by atoms with van der Waals surface area (Å²) in [6.45, 7) is 24.4. The van der Waals surface area contributed by atoms with Gasteiger partial charge in [0.1, 0.15) is 0 Å². The first kappa shape index (κ1) is 26.2. The molecule has 2 aliphatic carbocycles. The molecule has 2 fully saturated rings. The van der Waals surface area contributed by atoms with Crippen molar-refractivity contribution in [3.8, 4) is 0 Å². The van der Waals surface area contributed by atoms with Crippen molar-refractivity contribution in [2.24, 2.45) is 41.2 Å². The van der Waals surface area contributed by atoms with Crippen LogP contribution in [0.5, 0.6) is 0 Å². The maximum absolute atomic E-state index is 6.48. The van der Waals surface area contributed by atoms with Gasteiger partial charge in [-0.05, 0) is 102 Å². The molecule has 2 heteroatoms. The number of nitrogens with zero attached hydrogens (tertiary/aromatic N) is 1. The standard InChI is InChI=1S/C28H56N2/c1-19(2)23-13-11-21(5)17-25(23)30(28(9,10)16-15-27(7,8)29)26-18-22(6)12-14-24(26)20(3)4/h19-26H,11-18,29H2,1-10H3. The fourth-order valence-electron chi connectivity index (χ4n) is 6.84. The van der Waals surface area contributed by atoms with Crippen LogP contribution in [0.2, 0.25) is 0 Å². The van der Waals surface area contributed by atoms with E-state index in [9.17, 15) is 0 Å². The molecule has 2 rings (SSSR count). The molecular formula is C28H56N2. The van der Waals surface area contributed by atoms with Crippen LogP contribution in [0, 0.1) is 35.5 Å². The molecule has 2 aliphatic rings. The summed E-state index contributed by atoms with van der Waals surface area (Å²) < 4.78 is 0. The zero-order chi connectivity index (χ0) is 22.9. The number of nitrogens with two attached hydrogens (primary N) is 1. The molecule has 0 amide bonds. The average Bonchev–Trinajstić information content (AvgIpc) is 2.59. The van der Waals surface area contributed by atoms with Crippen LogP contribution in [0.15, 0.2) is 0 Å². The third-order valence-electron chi connectivity index (χ3n) is 8.77. The Morgan fingerprint density at radius 3 is 1.47 bits per heavy atom. The highest BCUT2D eigenvalue weighted by Gasteiger charge is 2.47. The second-order valence-corrected chi connectivity index (χ2v) is 13.5. The molecule has 0 aromatic heterocycles. The Kier molecular flexibility index (Phi) is 8.93. The van der Waals surface area contributed by atoms with Gasteiger partial charge in [-0.1, -0.05) is 54.4 Å². The topological polar surface area (TPSA) is 29.3 Å². The predicted molar refractivity (Wildman–Crippen MR) is 134 cm³/mol. The van der Waals surface area contributed by atoms with Crippen LogP contribution in [0.3, 0.4) is 0 Å². The van der Waals surface area contributed by atoms with Crippen molar-refractivity contribution < 1.29 is 0 Å². The van der Waals surface area contributed by atoms with Gasteiger partial charge < -0.3 is 5.73 Å². The van der Waals surface area contributed by atoms with E-state index >= 15 is 0 Å². The highest BCUT2D eigenvalue weighted by molar-refractivity contribution is 5.01. The Labute approximate surface area is 190 Å². The van der Waals surface area contributed by atoms with E-state index in [0.29, 0.717) is 0 Å². The normalized spacial score (nSPS) is 34.2. The van der Waals surface area contributed by atoms with Gasteiger partial charge in [0.2, 0.25) is 0 Å². The molecule has 0 bridgehead atoms.